The summed E-state index contributed by atoms with van der Waals surface area (Å²) in [6, 6.07) is 0.0000614. The van der Waals surface area contributed by atoms with Gasteiger partial charge in [-0.3, -0.25) is 4.98 Å². The molecule has 0 bridgehead atoms. The van der Waals surface area contributed by atoms with Crippen LogP contribution in [-0.4, -0.2) is 72.4 Å². The summed E-state index contributed by atoms with van der Waals surface area (Å²) in [7, 11) is -3.09. The fraction of sp³-hybridized carbons (Fsp3) is 0.714. The molecule has 1 aromatic heterocycles. The summed E-state index contributed by atoms with van der Waals surface area (Å²) in [4.78, 5) is 10.6. The van der Waals surface area contributed by atoms with Crippen molar-refractivity contribution in [2.45, 2.75) is 25.3 Å². The molecule has 0 amide bonds. The van der Waals surface area contributed by atoms with Crippen molar-refractivity contribution in [2.75, 3.05) is 43.5 Å². The zero-order chi connectivity index (χ0) is 16.3. The van der Waals surface area contributed by atoms with Crippen molar-refractivity contribution in [3.63, 3.8) is 0 Å². The number of aliphatic hydroxyl groups excluding tert-OH is 1. The van der Waals surface area contributed by atoms with Crippen LogP contribution in [0, 0.1) is 0 Å². The van der Waals surface area contributed by atoms with E-state index in [9.17, 15) is 8.42 Å². The minimum absolute atomic E-state index is 0.0000614. The van der Waals surface area contributed by atoms with E-state index in [2.05, 4.69) is 14.9 Å². The lowest BCUT2D eigenvalue weighted by Gasteiger charge is -2.37. The average molecular weight is 342 g/mol. The van der Waals surface area contributed by atoms with Crippen molar-refractivity contribution in [1.82, 2.24) is 14.3 Å². The Kier molecular flexibility index (Phi) is 4.98. The molecule has 2 aliphatic heterocycles. The molecule has 0 spiro atoms. The Morgan fingerprint density at radius 3 is 2.91 bits per heavy atom. The Morgan fingerprint density at radius 2 is 2.17 bits per heavy atom. The summed E-state index contributed by atoms with van der Waals surface area (Å²) in [6.07, 6.45) is 5.67. The molecule has 0 saturated carbocycles. The molecule has 1 N–H and O–H groups in total. The number of aliphatic hydroxyl groups is 1. The van der Waals surface area contributed by atoms with Crippen LogP contribution in [0.4, 0.5) is 5.82 Å². The highest BCUT2D eigenvalue weighted by atomic mass is 32.2. The minimum Gasteiger partial charge on any atom is -0.474 e. The van der Waals surface area contributed by atoms with Crippen molar-refractivity contribution in [1.29, 1.82) is 0 Å². The van der Waals surface area contributed by atoms with Gasteiger partial charge in [0.25, 0.3) is 0 Å². The van der Waals surface area contributed by atoms with E-state index >= 15 is 0 Å². The molecule has 0 aromatic carbocycles. The molecular formula is C14H22N4O4S. The van der Waals surface area contributed by atoms with Gasteiger partial charge in [0.05, 0.1) is 24.8 Å². The number of anilines is 1. The lowest BCUT2D eigenvalue weighted by molar-refractivity contribution is 0.196. The molecule has 2 aliphatic rings. The zero-order valence-corrected chi connectivity index (χ0v) is 13.8. The summed E-state index contributed by atoms with van der Waals surface area (Å²) < 4.78 is 31.2. The largest absolute Gasteiger partial charge is 0.474 e. The number of hydrogen-bond acceptors (Lipinski definition) is 7. The van der Waals surface area contributed by atoms with Crippen LogP contribution in [0.1, 0.15) is 19.3 Å². The van der Waals surface area contributed by atoms with Gasteiger partial charge in [0, 0.05) is 25.7 Å². The number of piperidine rings is 1. The molecule has 1 unspecified atom stereocenters. The van der Waals surface area contributed by atoms with Crippen molar-refractivity contribution in [2.24, 2.45) is 0 Å². The smallest absolute Gasteiger partial charge is 0.234 e. The van der Waals surface area contributed by atoms with Crippen molar-refractivity contribution in [3.8, 4) is 5.88 Å². The van der Waals surface area contributed by atoms with E-state index in [-0.39, 0.29) is 25.0 Å². The van der Waals surface area contributed by atoms with E-state index in [0.29, 0.717) is 31.2 Å². The van der Waals surface area contributed by atoms with Gasteiger partial charge in [0.15, 0.2) is 5.82 Å². The number of sulfonamides is 1. The normalized spacial score (nSPS) is 24.7. The van der Waals surface area contributed by atoms with Gasteiger partial charge in [-0.25, -0.2) is 8.42 Å². The van der Waals surface area contributed by atoms with E-state index in [1.54, 1.807) is 10.5 Å². The molecule has 1 aromatic rings. The molecule has 3 rings (SSSR count). The predicted molar refractivity (Wildman–Crippen MR) is 85.0 cm³/mol. The van der Waals surface area contributed by atoms with Crippen molar-refractivity contribution < 1.29 is 18.3 Å². The van der Waals surface area contributed by atoms with Gasteiger partial charge in [0.1, 0.15) is 6.61 Å². The molecule has 2 fully saturated rings. The second-order valence-corrected chi connectivity index (χ2v) is 7.85. The maximum atomic E-state index is 12.1. The second kappa shape index (κ2) is 6.98. The van der Waals surface area contributed by atoms with Gasteiger partial charge in [-0.2, -0.15) is 9.29 Å². The van der Waals surface area contributed by atoms with Crippen LogP contribution in [0.2, 0.25) is 0 Å². The van der Waals surface area contributed by atoms with Crippen LogP contribution in [-0.2, 0) is 10.0 Å². The molecule has 0 aliphatic carbocycles. The summed E-state index contributed by atoms with van der Waals surface area (Å²) in [5.74, 6) is 1.31. The first-order valence-corrected chi connectivity index (χ1v) is 9.51. The Morgan fingerprint density at radius 1 is 1.30 bits per heavy atom. The third-order valence-corrected chi connectivity index (χ3v) is 6.21. The maximum Gasteiger partial charge on any atom is 0.234 e. The fourth-order valence-electron chi connectivity index (χ4n) is 3.18. The quantitative estimate of drug-likeness (QED) is 0.795. The molecule has 3 heterocycles. The highest BCUT2D eigenvalue weighted by molar-refractivity contribution is 7.89. The molecule has 8 nitrogen and oxygen atoms in total. The lowest BCUT2D eigenvalue weighted by Crippen LogP contribution is -2.48. The summed E-state index contributed by atoms with van der Waals surface area (Å²) in [5, 5.41) is 8.80. The SMILES string of the molecule is O=S1(=O)CCCN1C1CCCN(c2cncc(OCCO)n2)C1. The monoisotopic (exact) mass is 342 g/mol. The van der Waals surface area contributed by atoms with Gasteiger partial charge in [-0.15, -0.1) is 0 Å². The number of aromatic nitrogens is 2. The molecule has 0 radical (unpaired) electrons. The van der Waals surface area contributed by atoms with Crippen LogP contribution in [0.25, 0.3) is 0 Å². The topological polar surface area (TPSA) is 95.9 Å². The Bertz CT molecular complexity index is 639. The highest BCUT2D eigenvalue weighted by Gasteiger charge is 2.36. The summed E-state index contributed by atoms with van der Waals surface area (Å²) in [5.41, 5.74) is 0. The average Bonchev–Trinajstić information content (AvgIpc) is 2.92. The van der Waals surface area contributed by atoms with Crippen LogP contribution in [0.3, 0.4) is 0 Å². The first-order chi connectivity index (χ1) is 11.1. The standard InChI is InChI=1S/C14H22N4O4S/c19-6-7-22-14-10-15-9-13(16-14)17-4-1-3-12(11-17)18-5-2-8-23(18,20)21/h9-10,12,19H,1-8,11H2. The van der Waals surface area contributed by atoms with Crippen molar-refractivity contribution in [3.05, 3.63) is 12.4 Å². The third kappa shape index (κ3) is 3.73. The predicted octanol–water partition coefficient (Wildman–Crippen LogP) is -0.148. The number of hydrogen-bond donors (Lipinski definition) is 1. The molecule has 128 valence electrons. The number of nitrogens with zero attached hydrogens (tertiary/aromatic N) is 4. The summed E-state index contributed by atoms with van der Waals surface area (Å²) >= 11 is 0. The molecule has 23 heavy (non-hydrogen) atoms. The number of rotatable bonds is 5. The van der Waals surface area contributed by atoms with Crippen LogP contribution >= 0.6 is 0 Å². The van der Waals surface area contributed by atoms with Gasteiger partial charge in [0.2, 0.25) is 15.9 Å². The van der Waals surface area contributed by atoms with Crippen LogP contribution < -0.4 is 9.64 Å². The van der Waals surface area contributed by atoms with Crippen LogP contribution in [0.15, 0.2) is 12.4 Å². The molecular weight excluding hydrogens is 320 g/mol. The first kappa shape index (κ1) is 16.4. The Balaban J connectivity index is 1.71. The third-order valence-electron chi connectivity index (χ3n) is 4.21. The van der Waals surface area contributed by atoms with E-state index in [1.807, 2.05) is 0 Å². The molecule has 2 saturated heterocycles. The van der Waals surface area contributed by atoms with E-state index in [4.69, 9.17) is 9.84 Å². The van der Waals surface area contributed by atoms with Crippen molar-refractivity contribution >= 4 is 15.8 Å². The van der Waals surface area contributed by atoms with E-state index in [0.717, 1.165) is 19.4 Å². The lowest BCUT2D eigenvalue weighted by atomic mass is 10.1. The van der Waals surface area contributed by atoms with E-state index < -0.39 is 10.0 Å². The Labute approximate surface area is 136 Å². The van der Waals surface area contributed by atoms with Gasteiger partial charge < -0.3 is 14.7 Å². The minimum atomic E-state index is -3.09. The van der Waals surface area contributed by atoms with Crippen LogP contribution in [0.5, 0.6) is 5.88 Å². The van der Waals surface area contributed by atoms with Gasteiger partial charge in [-0.05, 0) is 19.3 Å². The highest BCUT2D eigenvalue weighted by Crippen LogP contribution is 2.26. The molecule has 9 heteroatoms. The summed E-state index contributed by atoms with van der Waals surface area (Å²) in [6.45, 7) is 2.16. The van der Waals surface area contributed by atoms with Gasteiger partial charge in [-0.1, -0.05) is 0 Å². The zero-order valence-electron chi connectivity index (χ0n) is 13.0. The maximum absolute atomic E-state index is 12.1. The Hall–Kier alpha value is -1.45. The number of ether oxygens (including phenoxy) is 1. The first-order valence-electron chi connectivity index (χ1n) is 7.90. The van der Waals surface area contributed by atoms with Gasteiger partial charge >= 0.3 is 0 Å². The van der Waals surface area contributed by atoms with E-state index in [1.165, 1.54) is 6.20 Å². The second-order valence-electron chi connectivity index (χ2n) is 5.81. The molecule has 1 atom stereocenters. The fourth-order valence-corrected chi connectivity index (χ4v) is 4.94.